The Kier molecular flexibility index (Phi) is 14.2. The molecule has 1 saturated carbocycles. The van der Waals surface area contributed by atoms with Crippen LogP contribution >= 0.6 is 23.5 Å². The number of hydrogen-bond acceptors (Lipinski definition) is 2. The number of rotatable bonds is 4. The Balaban J connectivity index is 0. The molecule has 0 saturated heterocycles. The van der Waals surface area contributed by atoms with Gasteiger partial charge in [-0.05, 0) is 36.2 Å². The maximum absolute atomic E-state index is 2.39. The molecule has 2 heteroatoms. The highest BCUT2D eigenvalue weighted by molar-refractivity contribution is 8.01. The van der Waals surface area contributed by atoms with Gasteiger partial charge in [-0.15, -0.1) is 0 Å². The van der Waals surface area contributed by atoms with Gasteiger partial charge in [0, 0.05) is 9.49 Å². The van der Waals surface area contributed by atoms with E-state index in [4.69, 9.17) is 0 Å². The van der Waals surface area contributed by atoms with E-state index in [-0.39, 0.29) is 0 Å². The van der Waals surface area contributed by atoms with E-state index in [1.54, 1.807) is 0 Å². The zero-order chi connectivity index (χ0) is 18.7. The third kappa shape index (κ3) is 20.4. The first-order valence-corrected chi connectivity index (χ1v) is 11.1. The van der Waals surface area contributed by atoms with E-state index in [0.29, 0.717) is 9.49 Å². The Hall–Kier alpha value is 0.440. The van der Waals surface area contributed by atoms with Crippen LogP contribution < -0.4 is 0 Å². The molecule has 0 N–H and O–H groups in total. The smallest absolute Gasteiger partial charge is 0.0134 e. The van der Waals surface area contributed by atoms with E-state index in [1.165, 1.54) is 19.3 Å². The minimum atomic E-state index is 0.439. The lowest BCUT2D eigenvalue weighted by atomic mass is 9.86. The Labute approximate surface area is 157 Å². The molecule has 0 aromatic heterocycles. The van der Waals surface area contributed by atoms with Crippen LogP contribution in [-0.4, -0.2) is 20.0 Å². The van der Waals surface area contributed by atoms with Gasteiger partial charge in [0.15, 0.2) is 0 Å². The van der Waals surface area contributed by atoms with Crippen LogP contribution in [0.25, 0.3) is 0 Å². The molecule has 0 unspecified atom stereocenters. The predicted octanol–water partition coefficient (Wildman–Crippen LogP) is 8.22. The van der Waals surface area contributed by atoms with Crippen molar-refractivity contribution in [3.8, 4) is 0 Å². The largest absolute Gasteiger partial charge is 0.153 e. The van der Waals surface area contributed by atoms with Gasteiger partial charge in [-0.3, -0.25) is 0 Å². The van der Waals surface area contributed by atoms with Gasteiger partial charge in [-0.1, -0.05) is 87.8 Å². The molecule has 1 rings (SSSR count). The van der Waals surface area contributed by atoms with Crippen molar-refractivity contribution >= 4 is 23.5 Å². The summed E-state index contributed by atoms with van der Waals surface area (Å²) in [6, 6.07) is 0. The Morgan fingerprint density at radius 3 is 1.43 bits per heavy atom. The van der Waals surface area contributed by atoms with Gasteiger partial charge in [-0.25, -0.2) is 0 Å². The molecule has 0 nitrogen and oxygen atoms in total. The summed E-state index contributed by atoms with van der Waals surface area (Å²) in [5, 5.41) is 1.57. The quantitative estimate of drug-likeness (QED) is 0.463. The van der Waals surface area contributed by atoms with Crippen LogP contribution in [0.1, 0.15) is 95.4 Å². The second-order valence-corrected chi connectivity index (χ2v) is 13.1. The normalized spacial score (nSPS) is 16.8. The van der Waals surface area contributed by atoms with Gasteiger partial charge in [0.05, 0.1) is 0 Å². The minimum absolute atomic E-state index is 0.439. The molecule has 0 aromatic rings. The zero-order valence-electron chi connectivity index (χ0n) is 17.8. The lowest BCUT2D eigenvalue weighted by Crippen LogP contribution is -2.30. The molecule has 1 fully saturated rings. The van der Waals surface area contributed by atoms with E-state index < -0.39 is 0 Å². The summed E-state index contributed by atoms with van der Waals surface area (Å²) in [7, 11) is 0. The van der Waals surface area contributed by atoms with Crippen molar-refractivity contribution in [2.45, 2.75) is 115 Å². The summed E-state index contributed by atoms with van der Waals surface area (Å²) in [5.74, 6) is 0.718. The average molecular weight is 361 g/mol. The van der Waals surface area contributed by atoms with Crippen molar-refractivity contribution in [1.82, 2.24) is 0 Å². The van der Waals surface area contributed by atoms with Crippen LogP contribution in [0.15, 0.2) is 12.2 Å². The van der Waals surface area contributed by atoms with Crippen molar-refractivity contribution in [2.24, 2.45) is 5.92 Å². The van der Waals surface area contributed by atoms with Crippen LogP contribution in [0.2, 0.25) is 0 Å². The van der Waals surface area contributed by atoms with Crippen molar-refractivity contribution in [3.63, 3.8) is 0 Å². The molecule has 140 valence electrons. The molecule has 1 aliphatic carbocycles. The lowest BCUT2D eigenvalue weighted by molar-refractivity contribution is 0.391. The molecule has 0 aliphatic heterocycles. The second-order valence-electron chi connectivity index (χ2n) is 8.52. The van der Waals surface area contributed by atoms with E-state index in [2.05, 4.69) is 93.2 Å². The highest BCUT2D eigenvalue weighted by atomic mass is 32.2. The first kappa shape index (κ1) is 25.7. The van der Waals surface area contributed by atoms with Gasteiger partial charge in [0.25, 0.3) is 0 Å². The van der Waals surface area contributed by atoms with Crippen LogP contribution in [0.5, 0.6) is 0 Å². The number of allylic oxidation sites excluding steroid dienone is 2. The molecule has 1 aliphatic rings. The first-order chi connectivity index (χ1) is 10.3. The third-order valence-corrected chi connectivity index (χ3v) is 5.73. The van der Waals surface area contributed by atoms with Crippen LogP contribution in [-0.2, 0) is 0 Å². The Morgan fingerprint density at radius 1 is 0.913 bits per heavy atom. The second kappa shape index (κ2) is 12.8. The van der Waals surface area contributed by atoms with Crippen molar-refractivity contribution in [3.05, 3.63) is 12.2 Å². The molecule has 0 bridgehead atoms. The van der Waals surface area contributed by atoms with Crippen LogP contribution in [0.3, 0.4) is 0 Å². The monoisotopic (exact) mass is 360 g/mol. The average Bonchev–Trinajstić information content (AvgIpc) is 2.23. The summed E-state index contributed by atoms with van der Waals surface area (Å²) in [5.41, 5.74) is 0. The molecule has 0 heterocycles. The van der Waals surface area contributed by atoms with Crippen molar-refractivity contribution < 1.29 is 0 Å². The lowest BCUT2D eigenvalue weighted by Gasteiger charge is -2.39. The van der Waals surface area contributed by atoms with E-state index >= 15 is 0 Å². The summed E-state index contributed by atoms with van der Waals surface area (Å²) in [4.78, 5) is 0. The van der Waals surface area contributed by atoms with Crippen LogP contribution in [0, 0.1) is 5.92 Å². The van der Waals surface area contributed by atoms with Gasteiger partial charge in [-0.2, -0.15) is 23.5 Å². The first-order valence-electron chi connectivity index (χ1n) is 9.29. The number of thioether (sulfide) groups is 2. The van der Waals surface area contributed by atoms with Gasteiger partial charge >= 0.3 is 0 Å². The Bertz CT molecular complexity index is 291. The fraction of sp³-hybridized carbons (Fsp3) is 0.905. The maximum atomic E-state index is 2.39. The summed E-state index contributed by atoms with van der Waals surface area (Å²) in [6.45, 7) is 24.5. The van der Waals surface area contributed by atoms with E-state index in [1.807, 2.05) is 18.7 Å². The standard InChI is InChI=1S/C8H16S.C7H16S.C6H12/c1-7(2)9-8(3)5-4-6-8;1-6(2)8-7(3,4)5;1-4-5-6(2)3/h7H,4-6H2,1-3H3;6H,1-5H3;4-6H,1-3H3/b;;5-4+. The topological polar surface area (TPSA) is 0 Å². The number of hydrogen-bond donors (Lipinski definition) is 0. The minimum Gasteiger partial charge on any atom is -0.153 e. The van der Waals surface area contributed by atoms with E-state index in [9.17, 15) is 0 Å². The molecule has 0 aromatic carbocycles. The summed E-state index contributed by atoms with van der Waals surface area (Å²) >= 11 is 4.16. The van der Waals surface area contributed by atoms with Crippen molar-refractivity contribution in [2.75, 3.05) is 0 Å². The molecule has 0 spiro atoms. The molecule has 0 atom stereocenters. The SMILES string of the molecule is C/C=C/C(C)C.CC(C)SC(C)(C)C.CC(C)SC1(C)CCC1. The molecule has 0 radical (unpaired) electrons. The van der Waals surface area contributed by atoms with Gasteiger partial charge < -0.3 is 0 Å². The van der Waals surface area contributed by atoms with Gasteiger partial charge in [0.1, 0.15) is 0 Å². The third-order valence-electron chi connectivity index (χ3n) is 3.10. The van der Waals surface area contributed by atoms with Crippen molar-refractivity contribution in [1.29, 1.82) is 0 Å². The summed E-state index contributed by atoms with van der Waals surface area (Å²) < 4.78 is 1.10. The molecule has 23 heavy (non-hydrogen) atoms. The van der Waals surface area contributed by atoms with E-state index in [0.717, 1.165) is 16.4 Å². The highest BCUT2D eigenvalue weighted by Gasteiger charge is 2.32. The fourth-order valence-corrected chi connectivity index (χ4v) is 5.53. The molecular weight excluding hydrogens is 316 g/mol. The fourth-order valence-electron chi connectivity index (χ4n) is 2.45. The molecule has 0 amide bonds. The summed E-state index contributed by atoms with van der Waals surface area (Å²) in [6.07, 6.45) is 8.58. The highest BCUT2D eigenvalue weighted by Crippen LogP contribution is 2.45. The molecular formula is C21H44S2. The predicted molar refractivity (Wildman–Crippen MR) is 117 cm³/mol. The van der Waals surface area contributed by atoms with Crippen LogP contribution in [0.4, 0.5) is 0 Å². The Morgan fingerprint density at radius 2 is 1.39 bits per heavy atom. The zero-order valence-corrected chi connectivity index (χ0v) is 19.5. The maximum Gasteiger partial charge on any atom is 0.0134 e. The van der Waals surface area contributed by atoms with Gasteiger partial charge in [0.2, 0.25) is 0 Å².